The van der Waals surface area contributed by atoms with E-state index in [1.165, 1.54) is 12.5 Å². The lowest BCUT2D eigenvalue weighted by atomic mass is 10.0. The van der Waals surface area contributed by atoms with Crippen molar-refractivity contribution in [1.29, 1.82) is 0 Å². The minimum absolute atomic E-state index is 0.110. The summed E-state index contributed by atoms with van der Waals surface area (Å²) in [4.78, 5) is 24.7. The van der Waals surface area contributed by atoms with Crippen LogP contribution in [0.4, 0.5) is 11.8 Å². The van der Waals surface area contributed by atoms with Gasteiger partial charge < -0.3 is 16.0 Å². The number of hydrogen-bond acceptors (Lipinski definition) is 5. The number of likely N-dealkylation sites (tertiary alicyclic amines) is 1. The van der Waals surface area contributed by atoms with Gasteiger partial charge in [-0.05, 0) is 37.8 Å². The highest BCUT2D eigenvalue weighted by atomic mass is 16.2. The number of nitrogens with zero attached hydrogens (tertiary/aromatic N) is 3. The van der Waals surface area contributed by atoms with E-state index >= 15 is 0 Å². The van der Waals surface area contributed by atoms with Crippen molar-refractivity contribution in [3.63, 3.8) is 0 Å². The Labute approximate surface area is 165 Å². The highest BCUT2D eigenvalue weighted by molar-refractivity contribution is 5.90. The van der Waals surface area contributed by atoms with Gasteiger partial charge in [0.25, 0.3) is 0 Å². The largest absolute Gasteiger partial charge is 0.383 e. The number of nitrogens with one attached hydrogen (secondary N) is 2. The van der Waals surface area contributed by atoms with Crippen LogP contribution in [0.25, 0.3) is 11.0 Å². The number of carbonyl (C=O) groups is 1. The van der Waals surface area contributed by atoms with Gasteiger partial charge in [0, 0.05) is 24.4 Å². The summed E-state index contributed by atoms with van der Waals surface area (Å²) >= 11 is 0. The highest BCUT2D eigenvalue weighted by Gasteiger charge is 2.36. The Bertz CT molecular complexity index is 920. The molecule has 1 aliphatic rings. The zero-order chi connectivity index (χ0) is 20.1. The van der Waals surface area contributed by atoms with E-state index in [0.29, 0.717) is 21.9 Å². The summed E-state index contributed by atoms with van der Waals surface area (Å²) in [5.74, 6) is 0.954. The minimum atomic E-state index is 0.110. The Kier molecular flexibility index (Phi) is 5.94. The molecule has 2 aromatic rings. The number of rotatable bonds is 7. The van der Waals surface area contributed by atoms with E-state index in [4.69, 9.17) is 5.73 Å². The average Bonchev–Trinajstić information content (AvgIpc) is 3.14. The second kappa shape index (κ2) is 8.39. The van der Waals surface area contributed by atoms with Crippen LogP contribution in [-0.4, -0.2) is 45.0 Å². The maximum atomic E-state index is 12.6. The minimum Gasteiger partial charge on any atom is -0.383 e. The lowest BCUT2D eigenvalue weighted by Gasteiger charge is -2.38. The molecule has 1 aliphatic heterocycles. The molecular formula is C21H29N6O+. The predicted octanol–water partition coefficient (Wildman–Crippen LogP) is 3.30. The molecule has 3 rings (SSSR count). The number of H-pyrrole nitrogens is 1. The lowest BCUT2D eigenvalue weighted by molar-refractivity contribution is -0.857. The summed E-state index contributed by atoms with van der Waals surface area (Å²) < 4.78 is 0.473. The van der Waals surface area contributed by atoms with Crippen LogP contribution in [0.2, 0.25) is 0 Å². The summed E-state index contributed by atoms with van der Waals surface area (Å²) in [6, 6.07) is 0. The average molecular weight is 382 g/mol. The molecule has 0 bridgehead atoms. The standard InChI is InChI=1S/C21H29N6O/c1-4-16(5-2)24-21-25-19(22)18-15(14-23-20(18)26-21)10-13-27(17(28)6-3)11-8-7-9-12-27/h4-6,14H,1,3,7-13H2,2H3,(H4,22,23,24,25,26)/q+1/b16-5+. The van der Waals surface area contributed by atoms with E-state index in [9.17, 15) is 4.79 Å². The molecule has 0 aliphatic carbocycles. The van der Waals surface area contributed by atoms with Gasteiger partial charge in [-0.1, -0.05) is 19.2 Å². The predicted molar refractivity (Wildman–Crippen MR) is 113 cm³/mol. The van der Waals surface area contributed by atoms with Crippen molar-refractivity contribution in [2.45, 2.75) is 32.6 Å². The van der Waals surface area contributed by atoms with E-state index in [1.807, 2.05) is 19.2 Å². The maximum Gasteiger partial charge on any atom is 0.338 e. The van der Waals surface area contributed by atoms with E-state index in [-0.39, 0.29) is 5.91 Å². The zero-order valence-electron chi connectivity index (χ0n) is 16.5. The number of piperidine rings is 1. The Morgan fingerprint density at radius 1 is 1.29 bits per heavy atom. The highest BCUT2D eigenvalue weighted by Crippen LogP contribution is 2.27. The van der Waals surface area contributed by atoms with E-state index in [0.717, 1.165) is 55.5 Å². The molecule has 4 N–H and O–H groups in total. The number of amides is 1. The number of allylic oxidation sites excluding steroid dienone is 2. The van der Waals surface area contributed by atoms with Gasteiger partial charge in [0.1, 0.15) is 11.5 Å². The van der Waals surface area contributed by atoms with Crippen LogP contribution in [-0.2, 0) is 11.2 Å². The Balaban J connectivity index is 1.85. The number of hydrogen-bond donors (Lipinski definition) is 3. The molecule has 1 saturated heterocycles. The van der Waals surface area contributed by atoms with E-state index < -0.39 is 0 Å². The Hall–Kier alpha value is -2.93. The first-order valence-electron chi connectivity index (χ1n) is 9.75. The van der Waals surface area contributed by atoms with E-state index in [2.05, 4.69) is 33.4 Å². The number of fused-ring (bicyclic) bond motifs is 1. The van der Waals surface area contributed by atoms with Gasteiger partial charge in [0.2, 0.25) is 5.95 Å². The van der Waals surface area contributed by atoms with Crippen LogP contribution in [0.3, 0.4) is 0 Å². The van der Waals surface area contributed by atoms with Crippen molar-refractivity contribution in [3.05, 3.63) is 48.8 Å². The van der Waals surface area contributed by atoms with Crippen molar-refractivity contribution in [1.82, 2.24) is 15.0 Å². The van der Waals surface area contributed by atoms with Crippen LogP contribution in [0.1, 0.15) is 31.7 Å². The normalized spacial score (nSPS) is 16.7. The number of nitrogen functional groups attached to an aromatic ring is 1. The Morgan fingerprint density at radius 3 is 2.68 bits per heavy atom. The smallest absolute Gasteiger partial charge is 0.338 e. The molecule has 0 aromatic carbocycles. The van der Waals surface area contributed by atoms with Crippen LogP contribution in [0.5, 0.6) is 0 Å². The zero-order valence-corrected chi connectivity index (χ0v) is 16.5. The molecule has 0 unspecified atom stereocenters. The molecule has 0 atom stereocenters. The molecule has 28 heavy (non-hydrogen) atoms. The van der Waals surface area contributed by atoms with Gasteiger partial charge in [0.15, 0.2) is 0 Å². The second-order valence-electron chi connectivity index (χ2n) is 7.21. The molecule has 1 fully saturated rings. The van der Waals surface area contributed by atoms with Gasteiger partial charge in [-0.2, -0.15) is 9.97 Å². The topological polar surface area (TPSA) is 96.7 Å². The van der Waals surface area contributed by atoms with Crippen molar-refractivity contribution >= 4 is 28.7 Å². The van der Waals surface area contributed by atoms with Gasteiger partial charge in [-0.25, -0.2) is 4.79 Å². The quantitative estimate of drug-likeness (QED) is 0.388. The number of quaternary nitrogens is 1. The summed E-state index contributed by atoms with van der Waals surface area (Å²) in [6.07, 6.45) is 11.0. The molecule has 148 valence electrons. The van der Waals surface area contributed by atoms with Crippen molar-refractivity contribution in [2.75, 3.05) is 30.7 Å². The fourth-order valence-corrected chi connectivity index (χ4v) is 3.95. The van der Waals surface area contributed by atoms with Crippen LogP contribution < -0.4 is 11.1 Å². The number of nitrogens with two attached hydrogens (primary N) is 1. The van der Waals surface area contributed by atoms with Gasteiger partial charge in [-0.15, -0.1) is 0 Å². The van der Waals surface area contributed by atoms with Gasteiger partial charge in [0.05, 0.1) is 25.0 Å². The summed E-state index contributed by atoms with van der Waals surface area (Å²) in [6.45, 7) is 11.8. The first-order valence-corrected chi connectivity index (χ1v) is 9.75. The molecule has 7 nitrogen and oxygen atoms in total. The third kappa shape index (κ3) is 3.84. The van der Waals surface area contributed by atoms with Gasteiger partial charge >= 0.3 is 5.91 Å². The molecule has 0 spiro atoms. The molecular weight excluding hydrogens is 352 g/mol. The SMILES string of the molecule is C=CC(=O)[N+]1(CCc2c[nH]c3nc(N/C(C=C)=C/C)nc(N)c23)CCCCC1. The summed E-state index contributed by atoms with van der Waals surface area (Å²) in [5, 5.41) is 3.92. The molecule has 0 radical (unpaired) electrons. The monoisotopic (exact) mass is 381 g/mol. The summed E-state index contributed by atoms with van der Waals surface area (Å²) in [7, 11) is 0. The first kappa shape index (κ1) is 19.8. The molecule has 3 heterocycles. The van der Waals surface area contributed by atoms with Gasteiger partial charge in [-0.3, -0.25) is 4.48 Å². The molecule has 2 aromatic heterocycles. The lowest BCUT2D eigenvalue weighted by Crippen LogP contribution is -2.56. The molecule has 1 amide bonds. The number of carbonyl (C=O) groups excluding carboxylic acids is 1. The number of anilines is 2. The Morgan fingerprint density at radius 2 is 2.04 bits per heavy atom. The van der Waals surface area contributed by atoms with Crippen LogP contribution >= 0.6 is 0 Å². The third-order valence-electron chi connectivity index (χ3n) is 5.55. The fourth-order valence-electron chi connectivity index (χ4n) is 3.95. The first-order chi connectivity index (χ1) is 13.5. The van der Waals surface area contributed by atoms with E-state index in [1.54, 1.807) is 6.08 Å². The van der Waals surface area contributed by atoms with Crippen LogP contribution in [0.15, 0.2) is 43.3 Å². The maximum absolute atomic E-state index is 12.6. The number of aromatic amines is 1. The summed E-state index contributed by atoms with van der Waals surface area (Å²) in [5.41, 5.74) is 8.78. The molecule has 7 heteroatoms. The third-order valence-corrected chi connectivity index (χ3v) is 5.55. The van der Waals surface area contributed by atoms with Crippen molar-refractivity contribution in [2.24, 2.45) is 0 Å². The second-order valence-corrected chi connectivity index (χ2v) is 7.21. The van der Waals surface area contributed by atoms with Crippen LogP contribution in [0, 0.1) is 0 Å². The fraction of sp³-hybridized carbons (Fsp3) is 0.381. The number of aromatic nitrogens is 3. The van der Waals surface area contributed by atoms with Crippen molar-refractivity contribution < 1.29 is 9.28 Å². The molecule has 0 saturated carbocycles. The van der Waals surface area contributed by atoms with Crippen molar-refractivity contribution in [3.8, 4) is 0 Å².